The highest BCUT2D eigenvalue weighted by Gasteiger charge is 2.37. The van der Waals surface area contributed by atoms with Gasteiger partial charge in [-0.2, -0.15) is 4.98 Å². The number of halogens is 1. The third kappa shape index (κ3) is 5.29. The average Bonchev–Trinajstić information content (AvgIpc) is 3.33. The van der Waals surface area contributed by atoms with Crippen molar-refractivity contribution in [3.8, 4) is 0 Å². The molecule has 5 rings (SSSR count). The molecule has 0 bridgehead atoms. The van der Waals surface area contributed by atoms with Crippen LogP contribution in [0.2, 0.25) is 5.02 Å². The third-order valence-electron chi connectivity index (χ3n) is 6.07. The Bertz CT molecular complexity index is 1540. The van der Waals surface area contributed by atoms with E-state index in [0.29, 0.717) is 33.1 Å². The average molecular weight is 547 g/mol. The minimum absolute atomic E-state index is 0.0623. The van der Waals surface area contributed by atoms with Crippen LogP contribution in [-0.4, -0.2) is 31.8 Å². The molecule has 1 atom stereocenters. The molecule has 0 amide bonds. The van der Waals surface area contributed by atoms with Crippen molar-refractivity contribution >= 4 is 41.2 Å². The Morgan fingerprint density at radius 3 is 2.53 bits per heavy atom. The van der Waals surface area contributed by atoms with E-state index in [-0.39, 0.29) is 17.7 Å². The summed E-state index contributed by atoms with van der Waals surface area (Å²) < 4.78 is 7.21. The lowest BCUT2D eigenvalue weighted by Gasteiger charge is -2.28. The maximum atomic E-state index is 13.5. The summed E-state index contributed by atoms with van der Waals surface area (Å²) in [4.78, 5) is 30.2. The van der Waals surface area contributed by atoms with Gasteiger partial charge in [0.25, 0.3) is 0 Å². The molecule has 38 heavy (non-hydrogen) atoms. The highest BCUT2D eigenvalue weighted by atomic mass is 35.5. The monoisotopic (exact) mass is 546 g/mol. The van der Waals surface area contributed by atoms with Crippen molar-refractivity contribution in [3.05, 3.63) is 117 Å². The van der Waals surface area contributed by atoms with Gasteiger partial charge in [0.05, 0.1) is 11.1 Å². The molecule has 8 nitrogen and oxygen atoms in total. The molecule has 2 N–H and O–H groups in total. The van der Waals surface area contributed by atoms with E-state index in [1.54, 1.807) is 29.8 Å². The number of allylic oxidation sites excluding steroid dienone is 1. The number of anilines is 1. The van der Waals surface area contributed by atoms with Crippen molar-refractivity contribution in [2.24, 2.45) is 0 Å². The lowest BCUT2D eigenvalue weighted by atomic mass is 9.92. The minimum atomic E-state index is -1.11. The van der Waals surface area contributed by atoms with E-state index < -0.39 is 18.0 Å². The molecule has 4 aromatic rings. The highest BCUT2D eigenvalue weighted by molar-refractivity contribution is 7.98. The van der Waals surface area contributed by atoms with Gasteiger partial charge in [-0.15, -0.1) is 5.10 Å². The molecule has 3 aromatic carbocycles. The summed E-state index contributed by atoms with van der Waals surface area (Å²) in [5, 5.41) is 18.8. The van der Waals surface area contributed by atoms with E-state index >= 15 is 0 Å². The fourth-order valence-electron chi connectivity index (χ4n) is 4.23. The number of nitrogens with zero attached hydrogens (tertiary/aromatic N) is 3. The number of hydrogen-bond acceptors (Lipinski definition) is 7. The van der Waals surface area contributed by atoms with Crippen LogP contribution in [0.15, 0.2) is 95.3 Å². The molecular formula is C28H23ClN4O4S. The lowest BCUT2D eigenvalue weighted by Crippen LogP contribution is -2.30. The van der Waals surface area contributed by atoms with Gasteiger partial charge in [-0.25, -0.2) is 14.3 Å². The lowest BCUT2D eigenvalue weighted by molar-refractivity contribution is -0.140. The molecule has 0 spiro atoms. The highest BCUT2D eigenvalue weighted by Crippen LogP contribution is 2.38. The van der Waals surface area contributed by atoms with Crippen LogP contribution in [0.4, 0.5) is 5.95 Å². The summed E-state index contributed by atoms with van der Waals surface area (Å²) in [7, 11) is 0. The summed E-state index contributed by atoms with van der Waals surface area (Å²) in [6.45, 7) is 1.82. The summed E-state index contributed by atoms with van der Waals surface area (Å²) >= 11 is 7.69. The van der Waals surface area contributed by atoms with Crippen LogP contribution in [-0.2, 0) is 21.9 Å². The molecule has 1 aromatic heterocycles. The van der Waals surface area contributed by atoms with Gasteiger partial charge in [-0.1, -0.05) is 90.1 Å². The SMILES string of the molecule is CC1=C(C(=O)OCc2ccccc2)C(c2ccccc2C(=O)O)n2nc(SCc3ccccc3Cl)nc2N1. The Labute approximate surface area is 228 Å². The number of esters is 1. The number of carbonyl (C=O) groups excluding carboxylic acids is 1. The summed E-state index contributed by atoms with van der Waals surface area (Å²) in [6, 6.07) is 22.6. The van der Waals surface area contributed by atoms with Crippen molar-refractivity contribution in [3.63, 3.8) is 0 Å². The number of thioether (sulfide) groups is 1. The van der Waals surface area contributed by atoms with Gasteiger partial charge < -0.3 is 15.2 Å². The van der Waals surface area contributed by atoms with Crippen LogP contribution in [0.3, 0.4) is 0 Å². The second-order valence-electron chi connectivity index (χ2n) is 8.56. The molecule has 0 saturated heterocycles. The van der Waals surface area contributed by atoms with Crippen molar-refractivity contribution in [1.82, 2.24) is 14.8 Å². The van der Waals surface area contributed by atoms with Gasteiger partial charge in [0.2, 0.25) is 11.1 Å². The fourth-order valence-corrected chi connectivity index (χ4v) is 5.35. The van der Waals surface area contributed by atoms with Crippen molar-refractivity contribution in [2.75, 3.05) is 5.32 Å². The Morgan fingerprint density at radius 1 is 1.05 bits per heavy atom. The molecule has 0 fully saturated rings. The maximum Gasteiger partial charge on any atom is 0.338 e. The zero-order valence-electron chi connectivity index (χ0n) is 20.3. The Balaban J connectivity index is 1.51. The van der Waals surface area contributed by atoms with Gasteiger partial charge >= 0.3 is 11.9 Å². The first-order chi connectivity index (χ1) is 18.4. The van der Waals surface area contributed by atoms with E-state index in [1.165, 1.54) is 17.8 Å². The largest absolute Gasteiger partial charge is 0.478 e. The number of rotatable bonds is 8. The molecule has 1 aliphatic heterocycles. The number of hydrogen-bond donors (Lipinski definition) is 2. The van der Waals surface area contributed by atoms with Gasteiger partial charge in [-0.3, -0.25) is 0 Å². The number of carbonyl (C=O) groups is 2. The predicted octanol–water partition coefficient (Wildman–Crippen LogP) is 5.95. The van der Waals surface area contributed by atoms with Crippen molar-refractivity contribution < 1.29 is 19.4 Å². The minimum Gasteiger partial charge on any atom is -0.478 e. The van der Waals surface area contributed by atoms with Crippen molar-refractivity contribution in [2.45, 2.75) is 30.5 Å². The first-order valence-corrected chi connectivity index (χ1v) is 13.1. The fraction of sp³-hybridized carbons (Fsp3) is 0.143. The number of carboxylic acids is 1. The zero-order valence-corrected chi connectivity index (χ0v) is 21.9. The number of carboxylic acid groups (broad SMARTS) is 1. The van der Waals surface area contributed by atoms with E-state index in [2.05, 4.69) is 15.4 Å². The number of nitrogens with one attached hydrogen (secondary N) is 1. The van der Waals surface area contributed by atoms with Gasteiger partial charge in [0.1, 0.15) is 12.6 Å². The maximum absolute atomic E-state index is 13.5. The first kappa shape index (κ1) is 25.6. The summed E-state index contributed by atoms with van der Waals surface area (Å²) in [5.41, 5.74) is 3.01. The number of benzene rings is 3. The van der Waals surface area contributed by atoms with Crippen LogP contribution >= 0.6 is 23.4 Å². The zero-order chi connectivity index (χ0) is 26.6. The third-order valence-corrected chi connectivity index (χ3v) is 7.32. The van der Waals surface area contributed by atoms with Crippen LogP contribution in [0.25, 0.3) is 0 Å². The van der Waals surface area contributed by atoms with Gasteiger partial charge in [0.15, 0.2) is 0 Å². The number of fused-ring (bicyclic) bond motifs is 1. The Kier molecular flexibility index (Phi) is 7.48. The van der Waals surface area contributed by atoms with E-state index in [1.807, 2.05) is 54.6 Å². The molecule has 0 saturated carbocycles. The first-order valence-electron chi connectivity index (χ1n) is 11.8. The quantitative estimate of drug-likeness (QED) is 0.206. The standard InChI is InChI=1S/C28H23ClN4O4S/c1-17-23(26(36)37-15-18-9-3-2-4-10-18)24(20-12-6-7-13-21(20)25(34)35)33-27(30-17)31-28(32-33)38-16-19-11-5-8-14-22(19)29/h2-14,24H,15-16H2,1H3,(H,34,35)(H,30,31,32). The topological polar surface area (TPSA) is 106 Å². The Morgan fingerprint density at radius 2 is 1.76 bits per heavy atom. The van der Waals surface area contributed by atoms with Crippen LogP contribution in [0.1, 0.15) is 40.0 Å². The van der Waals surface area contributed by atoms with Crippen molar-refractivity contribution in [1.29, 1.82) is 0 Å². The molecule has 1 aliphatic rings. The van der Waals surface area contributed by atoms with E-state index in [9.17, 15) is 14.7 Å². The van der Waals surface area contributed by atoms with E-state index in [0.717, 1.165) is 11.1 Å². The van der Waals surface area contributed by atoms with Crippen LogP contribution in [0, 0.1) is 0 Å². The number of aromatic carboxylic acids is 1. The summed E-state index contributed by atoms with van der Waals surface area (Å²) in [5.74, 6) is -0.745. The van der Waals surface area contributed by atoms with Crippen LogP contribution in [0.5, 0.6) is 0 Å². The smallest absolute Gasteiger partial charge is 0.338 e. The van der Waals surface area contributed by atoms with E-state index in [4.69, 9.17) is 16.3 Å². The molecule has 10 heteroatoms. The molecule has 2 heterocycles. The predicted molar refractivity (Wildman–Crippen MR) is 145 cm³/mol. The molecular weight excluding hydrogens is 524 g/mol. The second kappa shape index (κ2) is 11.1. The second-order valence-corrected chi connectivity index (χ2v) is 9.91. The number of aromatic nitrogens is 3. The molecule has 0 radical (unpaired) electrons. The van der Waals surface area contributed by atoms with Crippen LogP contribution < -0.4 is 5.32 Å². The number of ether oxygens (including phenoxy) is 1. The van der Waals surface area contributed by atoms with Gasteiger partial charge in [0, 0.05) is 16.5 Å². The molecule has 0 aliphatic carbocycles. The normalized spacial score (nSPS) is 14.5. The molecule has 192 valence electrons. The summed E-state index contributed by atoms with van der Waals surface area (Å²) in [6.07, 6.45) is 0. The molecule has 1 unspecified atom stereocenters. The van der Waals surface area contributed by atoms with Gasteiger partial charge in [-0.05, 0) is 35.7 Å². The Hall–Kier alpha value is -4.08.